The summed E-state index contributed by atoms with van der Waals surface area (Å²) in [5.41, 5.74) is -1.73. The van der Waals surface area contributed by atoms with Crippen LogP contribution in [0.25, 0.3) is 0 Å². The lowest BCUT2D eigenvalue weighted by Crippen LogP contribution is -2.31. The maximum Gasteiger partial charge on any atom is 0.436 e. The normalized spacial score (nSPS) is 14.3. The Kier molecular flexibility index (Phi) is 7.13. The molecular formula is C25H22F6N4O3. The quantitative estimate of drug-likeness (QED) is 0.410. The number of carbonyl (C=O) groups is 2. The molecule has 38 heavy (non-hydrogen) atoms. The van der Waals surface area contributed by atoms with E-state index in [1.54, 1.807) is 31.2 Å². The smallest absolute Gasteiger partial charge is 0.436 e. The molecule has 7 nitrogen and oxygen atoms in total. The van der Waals surface area contributed by atoms with Crippen LogP contribution in [0.3, 0.4) is 0 Å². The number of nitrogens with zero attached hydrogens (tertiary/aromatic N) is 3. The molecular weight excluding hydrogens is 518 g/mol. The Bertz CT molecular complexity index is 1350. The minimum Gasteiger partial charge on any atom is -0.481 e. The molecule has 2 heterocycles. The molecule has 4 rings (SSSR count). The van der Waals surface area contributed by atoms with Gasteiger partial charge in [-0.2, -0.15) is 31.4 Å². The van der Waals surface area contributed by atoms with Gasteiger partial charge in [0.2, 0.25) is 0 Å². The first-order valence-electron chi connectivity index (χ1n) is 11.4. The van der Waals surface area contributed by atoms with Gasteiger partial charge in [-0.25, -0.2) is 4.68 Å². The number of amides is 1. The van der Waals surface area contributed by atoms with Gasteiger partial charge in [0, 0.05) is 13.1 Å². The molecule has 1 aliphatic rings. The Labute approximate surface area is 212 Å². The topological polar surface area (TPSA) is 87.5 Å². The second kappa shape index (κ2) is 10.0. The molecule has 0 bridgehead atoms. The maximum absolute atomic E-state index is 13.9. The molecule has 0 saturated heterocycles. The van der Waals surface area contributed by atoms with E-state index in [9.17, 15) is 35.9 Å². The molecule has 0 saturated carbocycles. The fourth-order valence-electron chi connectivity index (χ4n) is 4.33. The van der Waals surface area contributed by atoms with Crippen LogP contribution >= 0.6 is 0 Å². The molecule has 1 aromatic heterocycles. The van der Waals surface area contributed by atoms with Crippen LogP contribution in [0.5, 0.6) is 0 Å². The van der Waals surface area contributed by atoms with Crippen LogP contribution in [0.15, 0.2) is 48.5 Å². The van der Waals surface area contributed by atoms with Crippen LogP contribution in [0.2, 0.25) is 0 Å². The number of aromatic nitrogens is 2. The third-order valence-corrected chi connectivity index (χ3v) is 6.11. The van der Waals surface area contributed by atoms with Gasteiger partial charge in [0.05, 0.1) is 24.6 Å². The zero-order valence-corrected chi connectivity index (χ0v) is 19.9. The van der Waals surface area contributed by atoms with Gasteiger partial charge in [0.25, 0.3) is 5.91 Å². The molecule has 1 aliphatic heterocycles. The van der Waals surface area contributed by atoms with Crippen molar-refractivity contribution < 1.29 is 41.0 Å². The largest absolute Gasteiger partial charge is 0.481 e. The lowest BCUT2D eigenvalue weighted by atomic mass is 10.0. The van der Waals surface area contributed by atoms with E-state index >= 15 is 0 Å². The summed E-state index contributed by atoms with van der Waals surface area (Å²) in [6.07, 6.45) is -9.74. The molecule has 202 valence electrons. The number of rotatable bonds is 7. The van der Waals surface area contributed by atoms with Crippen molar-refractivity contribution in [3.63, 3.8) is 0 Å². The SMILES string of the molecule is C[C@H](NC(=O)c1c(C(F)(F)F)nn2c1N(Cc1cccc(C(F)(F)F)c1)CC2)c1ccc(CC(=O)O)cc1. The van der Waals surface area contributed by atoms with Crippen LogP contribution in [0.1, 0.15) is 51.3 Å². The van der Waals surface area contributed by atoms with Crippen molar-refractivity contribution in [3.05, 3.63) is 82.0 Å². The Morgan fingerprint density at radius 1 is 1.00 bits per heavy atom. The first kappa shape index (κ1) is 27.0. The Morgan fingerprint density at radius 2 is 1.68 bits per heavy atom. The highest BCUT2D eigenvalue weighted by Crippen LogP contribution is 2.39. The number of hydrogen-bond donors (Lipinski definition) is 2. The summed E-state index contributed by atoms with van der Waals surface area (Å²) in [5, 5.41) is 15.0. The number of hydrogen-bond acceptors (Lipinski definition) is 4. The fourth-order valence-corrected chi connectivity index (χ4v) is 4.33. The lowest BCUT2D eigenvalue weighted by molar-refractivity contribution is -0.142. The van der Waals surface area contributed by atoms with E-state index in [-0.39, 0.29) is 37.4 Å². The molecule has 0 radical (unpaired) electrons. The number of alkyl halides is 6. The fraction of sp³-hybridized carbons (Fsp3) is 0.320. The molecule has 2 N–H and O–H groups in total. The van der Waals surface area contributed by atoms with E-state index in [0.29, 0.717) is 11.1 Å². The monoisotopic (exact) mass is 540 g/mol. The predicted molar refractivity (Wildman–Crippen MR) is 123 cm³/mol. The van der Waals surface area contributed by atoms with Gasteiger partial charge < -0.3 is 15.3 Å². The number of carboxylic acid groups (broad SMARTS) is 1. The lowest BCUT2D eigenvalue weighted by Gasteiger charge is -2.21. The van der Waals surface area contributed by atoms with Crippen LogP contribution in [0.4, 0.5) is 32.2 Å². The summed E-state index contributed by atoms with van der Waals surface area (Å²) in [4.78, 5) is 25.5. The average Bonchev–Trinajstić information content (AvgIpc) is 3.39. The zero-order valence-electron chi connectivity index (χ0n) is 19.9. The van der Waals surface area contributed by atoms with Gasteiger partial charge in [-0.1, -0.05) is 36.4 Å². The van der Waals surface area contributed by atoms with E-state index in [1.165, 1.54) is 17.0 Å². The highest BCUT2D eigenvalue weighted by molar-refractivity contribution is 6.01. The number of benzene rings is 2. The minimum absolute atomic E-state index is 0.0191. The van der Waals surface area contributed by atoms with Crippen LogP contribution < -0.4 is 10.2 Å². The third kappa shape index (κ3) is 5.76. The summed E-state index contributed by atoms with van der Waals surface area (Å²) in [6, 6.07) is 9.93. The highest BCUT2D eigenvalue weighted by Gasteiger charge is 2.44. The van der Waals surface area contributed by atoms with Crippen LogP contribution in [0, 0.1) is 0 Å². The molecule has 0 fully saturated rings. The molecule has 3 aromatic rings. The summed E-state index contributed by atoms with van der Waals surface area (Å²) >= 11 is 0. The van der Waals surface area contributed by atoms with Gasteiger partial charge in [-0.05, 0) is 35.7 Å². The van der Waals surface area contributed by atoms with Crippen molar-refractivity contribution in [2.75, 3.05) is 11.4 Å². The molecule has 2 aromatic carbocycles. The average molecular weight is 540 g/mol. The van der Waals surface area contributed by atoms with Crippen molar-refractivity contribution >= 4 is 17.7 Å². The summed E-state index contributed by atoms with van der Waals surface area (Å²) < 4.78 is 82.0. The van der Waals surface area contributed by atoms with Crippen LogP contribution in [-0.2, 0) is 36.7 Å². The third-order valence-electron chi connectivity index (χ3n) is 6.11. The number of anilines is 1. The molecule has 1 atom stereocenters. The van der Waals surface area contributed by atoms with Crippen LogP contribution in [-0.4, -0.2) is 33.3 Å². The number of aliphatic carboxylic acids is 1. The van der Waals surface area contributed by atoms with Crippen molar-refractivity contribution in [2.24, 2.45) is 0 Å². The number of nitrogens with one attached hydrogen (secondary N) is 1. The minimum atomic E-state index is -4.95. The van der Waals surface area contributed by atoms with Crippen molar-refractivity contribution in [2.45, 2.75) is 44.8 Å². The highest BCUT2D eigenvalue weighted by atomic mass is 19.4. The molecule has 0 unspecified atom stereocenters. The Morgan fingerprint density at radius 3 is 2.29 bits per heavy atom. The van der Waals surface area contributed by atoms with E-state index in [0.717, 1.165) is 16.8 Å². The second-order valence-electron chi connectivity index (χ2n) is 8.90. The predicted octanol–water partition coefficient (Wildman–Crippen LogP) is 5.06. The Hall–Kier alpha value is -4.03. The Balaban J connectivity index is 1.62. The summed E-state index contributed by atoms with van der Waals surface area (Å²) in [7, 11) is 0. The number of halogens is 6. The first-order valence-corrected chi connectivity index (χ1v) is 11.4. The number of carboxylic acids is 1. The van der Waals surface area contributed by atoms with Gasteiger partial charge in [0.1, 0.15) is 11.4 Å². The number of fused-ring (bicyclic) bond motifs is 1. The van der Waals surface area contributed by atoms with E-state index in [4.69, 9.17) is 5.11 Å². The van der Waals surface area contributed by atoms with Crippen molar-refractivity contribution in [1.29, 1.82) is 0 Å². The number of carbonyl (C=O) groups excluding carboxylic acids is 1. The molecule has 13 heteroatoms. The van der Waals surface area contributed by atoms with E-state index in [2.05, 4.69) is 10.4 Å². The van der Waals surface area contributed by atoms with E-state index in [1.807, 2.05) is 0 Å². The van der Waals surface area contributed by atoms with Gasteiger partial charge >= 0.3 is 18.3 Å². The molecule has 1 amide bonds. The first-order chi connectivity index (χ1) is 17.7. The van der Waals surface area contributed by atoms with Gasteiger partial charge in [-0.3, -0.25) is 9.59 Å². The van der Waals surface area contributed by atoms with E-state index < -0.39 is 47.1 Å². The second-order valence-corrected chi connectivity index (χ2v) is 8.90. The van der Waals surface area contributed by atoms with Gasteiger partial charge in [-0.15, -0.1) is 0 Å². The summed E-state index contributed by atoms with van der Waals surface area (Å²) in [6.45, 7) is 1.57. The van der Waals surface area contributed by atoms with Crippen molar-refractivity contribution in [3.8, 4) is 0 Å². The maximum atomic E-state index is 13.9. The van der Waals surface area contributed by atoms with Gasteiger partial charge in [0.15, 0.2) is 5.69 Å². The standard InChI is InChI=1S/C25H22F6N4O3/c1-14(17-7-5-15(6-8-17)12-19(36)37)32-22(38)20-21(25(29,30)31)33-35-10-9-34(23(20)35)13-16-3-2-4-18(11-16)24(26,27)28/h2-8,11,14H,9-10,12-13H2,1H3,(H,32,38)(H,36,37)/t14-/m0/s1. The molecule has 0 aliphatic carbocycles. The molecule has 0 spiro atoms. The summed E-state index contributed by atoms with van der Waals surface area (Å²) in [5.74, 6) is -2.20. The zero-order chi connectivity index (χ0) is 27.8. The van der Waals surface area contributed by atoms with Crippen molar-refractivity contribution in [1.82, 2.24) is 15.1 Å².